The van der Waals surface area contributed by atoms with Crippen LogP contribution in [0.25, 0.3) is 0 Å². The Morgan fingerprint density at radius 3 is 2.32 bits per heavy atom. The zero-order valence-electron chi connectivity index (χ0n) is 27.5. The van der Waals surface area contributed by atoms with E-state index in [-0.39, 0.29) is 41.3 Å². The number of rotatable bonds is 4. The van der Waals surface area contributed by atoms with E-state index in [1.54, 1.807) is 0 Å². The number of allylic oxidation sites excluding steroid dienone is 1. The van der Waals surface area contributed by atoms with Gasteiger partial charge in [0.2, 0.25) is 0 Å². The van der Waals surface area contributed by atoms with Crippen LogP contribution in [0.1, 0.15) is 99.3 Å². The van der Waals surface area contributed by atoms with Gasteiger partial charge in [0.15, 0.2) is 6.29 Å². The lowest BCUT2D eigenvalue weighted by Gasteiger charge is -2.72. The summed E-state index contributed by atoms with van der Waals surface area (Å²) in [5.41, 5.74) is -1.99. The molecule has 1 aliphatic heterocycles. The average molecular weight is 621 g/mol. The summed E-state index contributed by atoms with van der Waals surface area (Å²) < 4.78 is 12.0. The van der Waals surface area contributed by atoms with Gasteiger partial charge in [-0.15, -0.1) is 0 Å². The number of hydrogen-bond donors (Lipinski definition) is 6. The summed E-state index contributed by atoms with van der Waals surface area (Å²) in [7, 11) is 0. The molecule has 0 radical (unpaired) electrons. The summed E-state index contributed by atoms with van der Waals surface area (Å²) in [6, 6.07) is 0. The number of carbonyl (C=O) groups is 1. The molecule has 44 heavy (non-hydrogen) atoms. The van der Waals surface area contributed by atoms with Crippen molar-refractivity contribution in [3.63, 3.8) is 0 Å². The second-order valence-corrected chi connectivity index (χ2v) is 16.9. The van der Waals surface area contributed by atoms with Crippen molar-refractivity contribution in [2.75, 3.05) is 13.2 Å². The van der Waals surface area contributed by atoms with Crippen molar-refractivity contribution in [1.82, 2.24) is 0 Å². The lowest BCUT2D eigenvalue weighted by Crippen LogP contribution is -2.68. The minimum Gasteiger partial charge on any atom is -0.481 e. The summed E-state index contributed by atoms with van der Waals surface area (Å²) in [4.78, 5) is 13.0. The Bertz CT molecular complexity index is 1190. The van der Waals surface area contributed by atoms with Gasteiger partial charge in [0.1, 0.15) is 18.3 Å². The molecule has 0 aromatic carbocycles. The van der Waals surface area contributed by atoms with E-state index < -0.39 is 59.0 Å². The summed E-state index contributed by atoms with van der Waals surface area (Å²) in [5, 5.41) is 64.4. The van der Waals surface area contributed by atoms with Gasteiger partial charge in [-0.25, -0.2) is 0 Å². The molecule has 15 atom stereocenters. The summed E-state index contributed by atoms with van der Waals surface area (Å²) >= 11 is 0. The van der Waals surface area contributed by atoms with Crippen molar-refractivity contribution in [3.05, 3.63) is 11.6 Å². The number of aliphatic carboxylic acids is 1. The van der Waals surface area contributed by atoms with E-state index in [0.29, 0.717) is 31.6 Å². The maximum Gasteiger partial charge on any atom is 0.310 e. The maximum absolute atomic E-state index is 13.0. The quantitative estimate of drug-likeness (QED) is 0.204. The van der Waals surface area contributed by atoms with Crippen LogP contribution in [0, 0.1) is 50.7 Å². The van der Waals surface area contributed by atoms with E-state index >= 15 is 0 Å². The Kier molecular flexibility index (Phi) is 7.81. The first kappa shape index (κ1) is 32.9. The third-order valence-corrected chi connectivity index (χ3v) is 15.3. The van der Waals surface area contributed by atoms with Gasteiger partial charge >= 0.3 is 5.97 Å². The molecule has 5 fully saturated rings. The molecule has 0 unspecified atom stereocenters. The fourth-order valence-corrected chi connectivity index (χ4v) is 12.1. The average Bonchev–Trinajstić information content (AvgIpc) is 2.96. The van der Waals surface area contributed by atoms with Gasteiger partial charge in [-0.2, -0.15) is 0 Å². The lowest BCUT2D eigenvalue weighted by molar-refractivity contribution is -0.312. The summed E-state index contributed by atoms with van der Waals surface area (Å²) in [5.74, 6) is -0.747. The van der Waals surface area contributed by atoms with E-state index in [0.717, 1.165) is 37.7 Å². The number of hydrogen-bond acceptors (Lipinski definition) is 8. The molecule has 0 aromatic heterocycles. The second-order valence-electron chi connectivity index (χ2n) is 16.9. The molecular weight excluding hydrogens is 564 g/mol. The van der Waals surface area contributed by atoms with Gasteiger partial charge in [0.05, 0.1) is 30.3 Å². The van der Waals surface area contributed by atoms with E-state index in [2.05, 4.69) is 40.7 Å². The first-order chi connectivity index (χ1) is 20.4. The Labute approximate surface area is 262 Å². The lowest BCUT2D eigenvalue weighted by atomic mass is 9.33. The topological polar surface area (TPSA) is 157 Å². The van der Waals surface area contributed by atoms with Crippen LogP contribution in [0.3, 0.4) is 0 Å². The van der Waals surface area contributed by atoms with Gasteiger partial charge in [0, 0.05) is 11.3 Å². The van der Waals surface area contributed by atoms with Crippen LogP contribution in [0.4, 0.5) is 0 Å². The van der Waals surface area contributed by atoms with Gasteiger partial charge < -0.3 is 40.1 Å². The molecule has 9 heteroatoms. The normalized spacial score (nSPS) is 57.2. The Morgan fingerprint density at radius 1 is 0.955 bits per heavy atom. The van der Waals surface area contributed by atoms with Crippen molar-refractivity contribution in [2.45, 2.75) is 136 Å². The third-order valence-electron chi connectivity index (χ3n) is 15.3. The molecule has 0 spiro atoms. The number of carboxylic acids is 1. The van der Waals surface area contributed by atoms with E-state index in [1.807, 2.05) is 6.92 Å². The van der Waals surface area contributed by atoms with Crippen LogP contribution >= 0.6 is 0 Å². The smallest absolute Gasteiger partial charge is 0.310 e. The number of fused-ring (bicyclic) bond motifs is 7. The molecule has 6 aliphatic rings. The van der Waals surface area contributed by atoms with E-state index in [4.69, 9.17) is 9.47 Å². The highest BCUT2D eigenvalue weighted by atomic mass is 16.7. The standard InChI is InChI=1S/C35H56O9/c1-19-9-14-35(29(40)41)16-15-32(4)20(27(35)34(19,6)42)7-8-23-30(2)12-11-24(44-28-26(39)25(38)21(37)17-43-28)31(3,18-36)22(30)10-13-33(23,32)5/h7,19,21-28,36-39,42H,8-18H2,1-6H3,(H,40,41)/t19-,21+,22+,23+,24-,25-,26+,27+,28-,30-,31+,32+,33+,34+,35-/m0/s1. The van der Waals surface area contributed by atoms with Crippen LogP contribution < -0.4 is 0 Å². The zero-order chi connectivity index (χ0) is 32.3. The van der Waals surface area contributed by atoms with Gasteiger partial charge in [-0.1, -0.05) is 46.3 Å². The van der Waals surface area contributed by atoms with Gasteiger partial charge in [-0.3, -0.25) is 4.79 Å². The molecule has 4 saturated carbocycles. The molecule has 0 amide bonds. The fraction of sp³-hybridized carbons (Fsp3) is 0.914. The van der Waals surface area contributed by atoms with E-state index in [1.165, 1.54) is 0 Å². The number of aliphatic hydroxyl groups is 5. The molecule has 250 valence electrons. The molecule has 1 heterocycles. The van der Waals surface area contributed by atoms with Crippen molar-refractivity contribution in [2.24, 2.45) is 50.7 Å². The highest BCUT2D eigenvalue weighted by molar-refractivity contribution is 5.77. The summed E-state index contributed by atoms with van der Waals surface area (Å²) in [6.45, 7) is 12.9. The highest BCUT2D eigenvalue weighted by Crippen LogP contribution is 2.76. The van der Waals surface area contributed by atoms with Crippen molar-refractivity contribution in [3.8, 4) is 0 Å². The molecule has 6 N–H and O–H groups in total. The zero-order valence-corrected chi connectivity index (χ0v) is 27.5. The van der Waals surface area contributed by atoms with Crippen molar-refractivity contribution >= 4 is 5.97 Å². The van der Waals surface area contributed by atoms with Gasteiger partial charge in [-0.05, 0) is 98.7 Å². The molecule has 9 nitrogen and oxygen atoms in total. The monoisotopic (exact) mass is 620 g/mol. The van der Waals surface area contributed by atoms with Crippen LogP contribution in [-0.4, -0.2) is 86.1 Å². The largest absolute Gasteiger partial charge is 0.481 e. The van der Waals surface area contributed by atoms with E-state index in [9.17, 15) is 35.4 Å². The third kappa shape index (κ3) is 4.12. The second kappa shape index (κ2) is 10.5. The first-order valence-corrected chi connectivity index (χ1v) is 17.0. The predicted octanol–water partition coefficient (Wildman–Crippen LogP) is 3.64. The van der Waals surface area contributed by atoms with Crippen LogP contribution in [-0.2, 0) is 14.3 Å². The Hall–Kier alpha value is -1.07. The molecule has 1 saturated heterocycles. The number of aliphatic hydroxyl groups excluding tert-OH is 4. The van der Waals surface area contributed by atoms with Crippen LogP contribution in [0.15, 0.2) is 11.6 Å². The molecular formula is C35H56O9. The molecule has 0 bridgehead atoms. The SMILES string of the molecule is C[C@H]1CC[C@]2(C(=O)O)CC[C@]3(C)C(=CC[C@@H]4[C@@]5(C)CC[C@H](O[C@@H]6OC[C@@H](O)[C@H](O)[C@H]6O)[C@](C)(CO)[C@@H]5CC[C@]43C)[C@@H]2[C@]1(C)O. The molecule has 0 aromatic rings. The van der Waals surface area contributed by atoms with Crippen LogP contribution in [0.5, 0.6) is 0 Å². The maximum atomic E-state index is 13.0. The van der Waals surface area contributed by atoms with Crippen LogP contribution in [0.2, 0.25) is 0 Å². The predicted molar refractivity (Wildman–Crippen MR) is 162 cm³/mol. The van der Waals surface area contributed by atoms with Crippen molar-refractivity contribution in [1.29, 1.82) is 0 Å². The minimum absolute atomic E-state index is 0.0126. The Morgan fingerprint density at radius 2 is 1.66 bits per heavy atom. The number of carboxylic acid groups (broad SMARTS) is 1. The number of ether oxygens (including phenoxy) is 2. The van der Waals surface area contributed by atoms with Crippen molar-refractivity contribution < 1.29 is 44.9 Å². The minimum atomic E-state index is -1.38. The Balaban J connectivity index is 1.34. The fourth-order valence-electron chi connectivity index (χ4n) is 12.1. The molecule has 5 aliphatic carbocycles. The highest BCUT2D eigenvalue weighted by Gasteiger charge is 2.71. The summed E-state index contributed by atoms with van der Waals surface area (Å²) in [6.07, 6.45) is 3.74. The van der Waals surface area contributed by atoms with Gasteiger partial charge in [0.25, 0.3) is 0 Å². The molecule has 6 rings (SSSR count). The first-order valence-electron chi connectivity index (χ1n) is 17.0.